The average Bonchev–Trinajstić information content (AvgIpc) is 3.15. The van der Waals surface area contributed by atoms with Crippen molar-refractivity contribution in [2.24, 2.45) is 7.05 Å². The molecular weight excluding hydrogens is 298 g/mol. The molecule has 2 aromatic rings. The van der Waals surface area contributed by atoms with Crippen LogP contribution in [0.5, 0.6) is 0 Å². The van der Waals surface area contributed by atoms with E-state index in [1.807, 2.05) is 11.9 Å². The molecule has 1 fully saturated rings. The maximum Gasteiger partial charge on any atom is 0.272 e. The molecule has 0 N–H and O–H groups in total. The summed E-state index contributed by atoms with van der Waals surface area (Å²) in [4.78, 5) is 22.5. The number of rotatable bonds is 5. The van der Waals surface area contributed by atoms with Gasteiger partial charge in [0.2, 0.25) is 5.89 Å². The Morgan fingerprint density at radius 3 is 3.09 bits per heavy atom. The quantitative estimate of drug-likeness (QED) is 0.816. The number of aryl methyl sites for hydroxylation is 2. The van der Waals surface area contributed by atoms with Gasteiger partial charge in [-0.3, -0.25) is 4.79 Å². The van der Waals surface area contributed by atoms with Crippen molar-refractivity contribution in [3.05, 3.63) is 29.9 Å². The third-order valence-electron chi connectivity index (χ3n) is 3.95. The highest BCUT2D eigenvalue weighted by molar-refractivity contribution is 5.92. The highest BCUT2D eigenvalue weighted by Gasteiger charge is 2.26. The minimum Gasteiger partial charge on any atom is -0.376 e. The van der Waals surface area contributed by atoms with Gasteiger partial charge in [-0.2, -0.15) is 4.98 Å². The van der Waals surface area contributed by atoms with Crippen LogP contribution in [0.3, 0.4) is 0 Å². The SMILES string of the molecule is Cc1nc(CCOC2CCCN(C(=O)c3cncn3C)C2)no1. The van der Waals surface area contributed by atoms with Gasteiger partial charge in [-0.15, -0.1) is 0 Å². The third-order valence-corrected chi connectivity index (χ3v) is 3.95. The fourth-order valence-corrected chi connectivity index (χ4v) is 2.74. The van der Waals surface area contributed by atoms with Gasteiger partial charge in [0.25, 0.3) is 5.91 Å². The van der Waals surface area contributed by atoms with Gasteiger partial charge < -0.3 is 18.7 Å². The van der Waals surface area contributed by atoms with E-state index in [0.29, 0.717) is 37.0 Å². The molecule has 0 saturated carbocycles. The van der Waals surface area contributed by atoms with Crippen LogP contribution < -0.4 is 0 Å². The number of carbonyl (C=O) groups excluding carboxylic acids is 1. The van der Waals surface area contributed by atoms with Gasteiger partial charge in [0.05, 0.1) is 25.2 Å². The van der Waals surface area contributed by atoms with Gasteiger partial charge in [0.1, 0.15) is 5.69 Å². The van der Waals surface area contributed by atoms with E-state index >= 15 is 0 Å². The van der Waals surface area contributed by atoms with Crippen LogP contribution in [0, 0.1) is 6.92 Å². The zero-order valence-electron chi connectivity index (χ0n) is 13.4. The number of likely N-dealkylation sites (tertiary alicyclic amines) is 1. The molecule has 3 rings (SSSR count). The van der Waals surface area contributed by atoms with Crippen molar-refractivity contribution in [3.8, 4) is 0 Å². The Hall–Kier alpha value is -2.22. The summed E-state index contributed by atoms with van der Waals surface area (Å²) in [5.41, 5.74) is 0.605. The van der Waals surface area contributed by atoms with Crippen molar-refractivity contribution >= 4 is 5.91 Å². The summed E-state index contributed by atoms with van der Waals surface area (Å²) in [7, 11) is 1.82. The lowest BCUT2D eigenvalue weighted by Crippen LogP contribution is -2.43. The summed E-state index contributed by atoms with van der Waals surface area (Å²) in [6.45, 7) is 3.65. The van der Waals surface area contributed by atoms with Crippen molar-refractivity contribution in [3.63, 3.8) is 0 Å². The summed E-state index contributed by atoms with van der Waals surface area (Å²) in [6, 6.07) is 0. The van der Waals surface area contributed by atoms with Crippen molar-refractivity contribution in [1.82, 2.24) is 24.6 Å². The molecule has 0 aliphatic carbocycles. The highest BCUT2D eigenvalue weighted by Crippen LogP contribution is 2.16. The van der Waals surface area contributed by atoms with Crippen LogP contribution in [-0.2, 0) is 18.2 Å². The molecule has 2 aromatic heterocycles. The Labute approximate surface area is 134 Å². The zero-order valence-corrected chi connectivity index (χ0v) is 13.4. The lowest BCUT2D eigenvalue weighted by atomic mass is 10.1. The fraction of sp³-hybridized carbons (Fsp3) is 0.600. The molecule has 1 amide bonds. The van der Waals surface area contributed by atoms with E-state index in [9.17, 15) is 4.79 Å². The first-order valence-corrected chi connectivity index (χ1v) is 7.80. The van der Waals surface area contributed by atoms with Crippen LogP contribution in [-0.4, -0.2) is 56.3 Å². The predicted molar refractivity (Wildman–Crippen MR) is 80.8 cm³/mol. The van der Waals surface area contributed by atoms with E-state index in [2.05, 4.69) is 15.1 Å². The first-order valence-electron chi connectivity index (χ1n) is 7.80. The van der Waals surface area contributed by atoms with Crippen molar-refractivity contribution in [1.29, 1.82) is 0 Å². The largest absolute Gasteiger partial charge is 0.376 e. The molecule has 0 spiro atoms. The number of imidazole rings is 1. The monoisotopic (exact) mass is 319 g/mol. The first kappa shape index (κ1) is 15.7. The molecule has 23 heavy (non-hydrogen) atoms. The van der Waals surface area contributed by atoms with Crippen LogP contribution in [0.1, 0.15) is 35.0 Å². The minimum absolute atomic E-state index is 0.00657. The number of aromatic nitrogens is 4. The molecule has 1 aliphatic heterocycles. The maximum absolute atomic E-state index is 12.5. The second-order valence-electron chi connectivity index (χ2n) is 5.76. The summed E-state index contributed by atoms with van der Waals surface area (Å²) in [5.74, 6) is 1.22. The third kappa shape index (κ3) is 3.76. The molecule has 0 aromatic carbocycles. The second-order valence-corrected chi connectivity index (χ2v) is 5.76. The van der Waals surface area contributed by atoms with Crippen LogP contribution in [0.15, 0.2) is 17.0 Å². The Balaban J connectivity index is 1.50. The molecule has 1 atom stereocenters. The lowest BCUT2D eigenvalue weighted by Gasteiger charge is -2.32. The van der Waals surface area contributed by atoms with E-state index in [0.717, 1.165) is 19.4 Å². The summed E-state index contributed by atoms with van der Waals surface area (Å²) >= 11 is 0. The Kier molecular flexibility index (Phi) is 4.71. The van der Waals surface area contributed by atoms with Gasteiger partial charge in [0.15, 0.2) is 5.82 Å². The number of hydrogen-bond donors (Lipinski definition) is 0. The molecule has 1 unspecified atom stereocenters. The normalized spacial score (nSPS) is 18.3. The average molecular weight is 319 g/mol. The van der Waals surface area contributed by atoms with Crippen molar-refractivity contribution in [2.45, 2.75) is 32.3 Å². The minimum atomic E-state index is 0.00657. The smallest absolute Gasteiger partial charge is 0.272 e. The molecule has 0 bridgehead atoms. The highest BCUT2D eigenvalue weighted by atomic mass is 16.5. The fourth-order valence-electron chi connectivity index (χ4n) is 2.74. The molecule has 1 saturated heterocycles. The molecule has 1 aliphatic rings. The summed E-state index contributed by atoms with van der Waals surface area (Å²) in [6.07, 6.45) is 5.80. The zero-order chi connectivity index (χ0) is 16.2. The Morgan fingerprint density at radius 2 is 2.39 bits per heavy atom. The van der Waals surface area contributed by atoms with Gasteiger partial charge in [0, 0.05) is 33.5 Å². The predicted octanol–water partition coefficient (Wildman–Crippen LogP) is 0.975. The van der Waals surface area contributed by atoms with Crippen LogP contribution >= 0.6 is 0 Å². The first-order chi connectivity index (χ1) is 11.1. The summed E-state index contributed by atoms with van der Waals surface area (Å²) in [5, 5.41) is 3.84. The number of amides is 1. The molecule has 0 radical (unpaired) electrons. The Bertz CT molecular complexity index is 666. The second kappa shape index (κ2) is 6.91. The number of nitrogens with zero attached hydrogens (tertiary/aromatic N) is 5. The summed E-state index contributed by atoms with van der Waals surface area (Å²) < 4.78 is 12.6. The van der Waals surface area contributed by atoms with Crippen molar-refractivity contribution < 1.29 is 14.1 Å². The molecule has 8 heteroatoms. The maximum atomic E-state index is 12.5. The van der Waals surface area contributed by atoms with Crippen LogP contribution in [0.4, 0.5) is 0 Å². The van der Waals surface area contributed by atoms with Crippen LogP contribution in [0.25, 0.3) is 0 Å². The van der Waals surface area contributed by atoms with Crippen LogP contribution in [0.2, 0.25) is 0 Å². The van der Waals surface area contributed by atoms with E-state index in [-0.39, 0.29) is 12.0 Å². The molecule has 124 valence electrons. The van der Waals surface area contributed by atoms with E-state index in [4.69, 9.17) is 9.26 Å². The van der Waals surface area contributed by atoms with Gasteiger partial charge in [-0.25, -0.2) is 4.98 Å². The topological polar surface area (TPSA) is 86.3 Å². The lowest BCUT2D eigenvalue weighted by molar-refractivity contribution is 0.00220. The van der Waals surface area contributed by atoms with Gasteiger partial charge in [-0.05, 0) is 12.8 Å². The van der Waals surface area contributed by atoms with Crippen molar-refractivity contribution in [2.75, 3.05) is 19.7 Å². The number of carbonyl (C=O) groups is 1. The molecule has 3 heterocycles. The molecular formula is C15H21N5O3. The Morgan fingerprint density at radius 1 is 1.52 bits per heavy atom. The van der Waals surface area contributed by atoms with E-state index in [1.165, 1.54) is 0 Å². The van der Waals surface area contributed by atoms with Gasteiger partial charge >= 0.3 is 0 Å². The van der Waals surface area contributed by atoms with Gasteiger partial charge in [-0.1, -0.05) is 5.16 Å². The molecule has 8 nitrogen and oxygen atoms in total. The number of hydrogen-bond acceptors (Lipinski definition) is 6. The van der Waals surface area contributed by atoms with E-state index in [1.54, 1.807) is 24.0 Å². The van der Waals surface area contributed by atoms with E-state index < -0.39 is 0 Å². The standard InChI is InChI=1S/C15H21N5O3/c1-11-17-14(18-23-11)5-7-22-12-4-3-6-20(9-12)15(21)13-8-16-10-19(13)2/h8,10,12H,3-7,9H2,1-2H3. The number of ether oxygens (including phenoxy) is 1. The number of piperidine rings is 1.